The van der Waals surface area contributed by atoms with E-state index in [1.165, 1.54) is 0 Å². The predicted molar refractivity (Wildman–Crippen MR) is 62.1 cm³/mol. The molecule has 1 unspecified atom stereocenters. The second kappa shape index (κ2) is 5.42. The molecule has 1 rings (SSSR count). The van der Waals surface area contributed by atoms with Gasteiger partial charge in [-0.05, 0) is 25.5 Å². The van der Waals surface area contributed by atoms with Gasteiger partial charge in [-0.15, -0.1) is 11.8 Å². The van der Waals surface area contributed by atoms with Crippen LogP contribution in [0.1, 0.15) is 20.3 Å². The summed E-state index contributed by atoms with van der Waals surface area (Å²) in [6.07, 6.45) is 0.839. The summed E-state index contributed by atoms with van der Waals surface area (Å²) in [6.45, 7) is 3.63. The van der Waals surface area contributed by atoms with Crippen LogP contribution in [-0.4, -0.2) is 11.0 Å². The highest BCUT2D eigenvalue weighted by atomic mass is 35.5. The molecule has 1 aromatic carbocycles. The first kappa shape index (κ1) is 11.6. The molecular formula is C11H13ClOS. The van der Waals surface area contributed by atoms with Gasteiger partial charge in [-0.2, -0.15) is 0 Å². The molecule has 0 aliphatic heterocycles. The third-order valence-corrected chi connectivity index (χ3v) is 3.93. The van der Waals surface area contributed by atoms with Gasteiger partial charge in [0.05, 0.1) is 10.3 Å². The van der Waals surface area contributed by atoms with Crippen molar-refractivity contribution in [2.75, 3.05) is 0 Å². The Morgan fingerprint density at radius 2 is 2.14 bits per heavy atom. The molecule has 0 fully saturated rings. The van der Waals surface area contributed by atoms with Crippen molar-refractivity contribution < 1.29 is 4.79 Å². The number of carbonyl (C=O) groups is 1. The van der Waals surface area contributed by atoms with E-state index in [1.807, 2.05) is 31.2 Å². The van der Waals surface area contributed by atoms with Gasteiger partial charge in [0, 0.05) is 4.90 Å². The Morgan fingerprint density at radius 3 is 2.64 bits per heavy atom. The van der Waals surface area contributed by atoms with Gasteiger partial charge in [-0.25, -0.2) is 0 Å². The highest BCUT2D eigenvalue weighted by molar-refractivity contribution is 8.00. The van der Waals surface area contributed by atoms with E-state index in [4.69, 9.17) is 11.6 Å². The van der Waals surface area contributed by atoms with Crippen molar-refractivity contribution in [3.8, 4) is 0 Å². The molecule has 76 valence electrons. The number of rotatable bonds is 4. The quantitative estimate of drug-likeness (QED) is 0.730. The molecule has 1 aromatic rings. The summed E-state index contributed by atoms with van der Waals surface area (Å²) in [6, 6.07) is 7.61. The minimum Gasteiger partial charge on any atom is -0.299 e. The van der Waals surface area contributed by atoms with Crippen LogP contribution in [0, 0.1) is 0 Å². The lowest BCUT2D eigenvalue weighted by molar-refractivity contribution is -0.116. The van der Waals surface area contributed by atoms with Crippen LogP contribution < -0.4 is 0 Å². The molecule has 0 amide bonds. The van der Waals surface area contributed by atoms with E-state index in [9.17, 15) is 4.79 Å². The van der Waals surface area contributed by atoms with Gasteiger partial charge in [0.1, 0.15) is 5.78 Å². The lowest BCUT2D eigenvalue weighted by Gasteiger charge is -2.11. The van der Waals surface area contributed by atoms with Crippen LogP contribution in [0.4, 0.5) is 0 Å². The lowest BCUT2D eigenvalue weighted by atomic mass is 10.2. The van der Waals surface area contributed by atoms with Crippen LogP contribution in [0.5, 0.6) is 0 Å². The summed E-state index contributed by atoms with van der Waals surface area (Å²) < 4.78 is 0. The molecule has 3 heteroatoms. The first-order valence-electron chi connectivity index (χ1n) is 4.56. The van der Waals surface area contributed by atoms with Crippen molar-refractivity contribution >= 4 is 29.1 Å². The number of halogens is 1. The molecule has 14 heavy (non-hydrogen) atoms. The smallest absolute Gasteiger partial charge is 0.143 e. The van der Waals surface area contributed by atoms with E-state index in [1.54, 1.807) is 18.7 Å². The van der Waals surface area contributed by atoms with Crippen molar-refractivity contribution in [1.29, 1.82) is 0 Å². The number of Topliss-reactive ketones (excluding diaryl/α,β-unsaturated/α-hetero) is 1. The van der Waals surface area contributed by atoms with E-state index in [2.05, 4.69) is 0 Å². The molecule has 1 nitrogen and oxygen atoms in total. The average molecular weight is 229 g/mol. The Balaban J connectivity index is 2.77. The van der Waals surface area contributed by atoms with Gasteiger partial charge < -0.3 is 0 Å². The zero-order chi connectivity index (χ0) is 10.6. The Bertz CT molecular complexity index is 325. The standard InChI is InChI=1S/C11H13ClOS/c1-3-10(8(2)13)14-11-7-5-4-6-9(11)12/h4-7,10H,3H2,1-2H3. The maximum absolute atomic E-state index is 11.2. The summed E-state index contributed by atoms with van der Waals surface area (Å²) in [5, 5.41) is 0.743. The first-order chi connectivity index (χ1) is 6.65. The molecule has 0 saturated heterocycles. The van der Waals surface area contributed by atoms with Gasteiger partial charge in [-0.3, -0.25) is 4.79 Å². The van der Waals surface area contributed by atoms with Gasteiger partial charge >= 0.3 is 0 Å². The average Bonchev–Trinajstić information content (AvgIpc) is 2.16. The minimum absolute atomic E-state index is 0.0231. The van der Waals surface area contributed by atoms with Crippen molar-refractivity contribution in [2.45, 2.75) is 30.4 Å². The fourth-order valence-electron chi connectivity index (χ4n) is 1.15. The van der Waals surface area contributed by atoms with Crippen LogP contribution in [0.2, 0.25) is 5.02 Å². The van der Waals surface area contributed by atoms with Crippen LogP contribution >= 0.6 is 23.4 Å². The molecule has 0 aliphatic carbocycles. The van der Waals surface area contributed by atoms with Crippen LogP contribution in [0.25, 0.3) is 0 Å². The summed E-state index contributed by atoms with van der Waals surface area (Å²) in [7, 11) is 0. The molecule has 0 saturated carbocycles. The molecule has 0 heterocycles. The Morgan fingerprint density at radius 1 is 1.50 bits per heavy atom. The highest BCUT2D eigenvalue weighted by Crippen LogP contribution is 2.31. The van der Waals surface area contributed by atoms with Gasteiger partial charge in [0.2, 0.25) is 0 Å². The third-order valence-electron chi connectivity index (χ3n) is 1.93. The molecule has 0 aromatic heterocycles. The molecule has 0 radical (unpaired) electrons. The SMILES string of the molecule is CCC(Sc1ccccc1Cl)C(C)=O. The summed E-state index contributed by atoms with van der Waals surface area (Å²) in [4.78, 5) is 12.2. The molecule has 0 spiro atoms. The zero-order valence-electron chi connectivity index (χ0n) is 8.29. The number of hydrogen-bond donors (Lipinski definition) is 0. The highest BCUT2D eigenvalue weighted by Gasteiger charge is 2.14. The van der Waals surface area contributed by atoms with Gasteiger partial charge in [-0.1, -0.05) is 30.7 Å². The van der Waals surface area contributed by atoms with Crippen LogP contribution in [0.3, 0.4) is 0 Å². The van der Waals surface area contributed by atoms with Crippen LogP contribution in [-0.2, 0) is 4.79 Å². The summed E-state index contributed by atoms with van der Waals surface area (Å²) in [5.74, 6) is 0.206. The van der Waals surface area contributed by atoms with Crippen molar-refractivity contribution in [1.82, 2.24) is 0 Å². The topological polar surface area (TPSA) is 17.1 Å². The molecular weight excluding hydrogens is 216 g/mol. The van der Waals surface area contributed by atoms with Crippen molar-refractivity contribution in [3.05, 3.63) is 29.3 Å². The largest absolute Gasteiger partial charge is 0.299 e. The zero-order valence-corrected chi connectivity index (χ0v) is 9.86. The Hall–Kier alpha value is -0.470. The minimum atomic E-state index is 0.0231. The predicted octanol–water partition coefficient (Wildman–Crippen LogP) is 3.80. The Labute approximate surface area is 93.8 Å². The normalized spacial score (nSPS) is 12.5. The van der Waals surface area contributed by atoms with E-state index >= 15 is 0 Å². The fourth-order valence-corrected chi connectivity index (χ4v) is 2.39. The Kier molecular flexibility index (Phi) is 4.49. The summed E-state index contributed by atoms with van der Waals surface area (Å²) in [5.41, 5.74) is 0. The van der Waals surface area contributed by atoms with E-state index in [-0.39, 0.29) is 11.0 Å². The number of hydrogen-bond acceptors (Lipinski definition) is 2. The van der Waals surface area contributed by atoms with E-state index < -0.39 is 0 Å². The molecule has 1 atom stereocenters. The molecule has 0 N–H and O–H groups in total. The third kappa shape index (κ3) is 3.03. The second-order valence-corrected chi connectivity index (χ2v) is 4.71. The van der Waals surface area contributed by atoms with Crippen molar-refractivity contribution in [3.63, 3.8) is 0 Å². The second-order valence-electron chi connectivity index (χ2n) is 3.06. The van der Waals surface area contributed by atoms with E-state index in [0.717, 1.165) is 16.3 Å². The van der Waals surface area contributed by atoms with Gasteiger partial charge in [0.25, 0.3) is 0 Å². The maximum atomic E-state index is 11.2. The van der Waals surface area contributed by atoms with E-state index in [0.29, 0.717) is 0 Å². The number of carbonyl (C=O) groups excluding carboxylic acids is 1. The number of benzene rings is 1. The first-order valence-corrected chi connectivity index (χ1v) is 5.82. The van der Waals surface area contributed by atoms with Crippen LogP contribution in [0.15, 0.2) is 29.2 Å². The molecule has 0 aliphatic rings. The lowest BCUT2D eigenvalue weighted by Crippen LogP contribution is -2.11. The molecule has 0 bridgehead atoms. The maximum Gasteiger partial charge on any atom is 0.143 e. The monoisotopic (exact) mass is 228 g/mol. The van der Waals surface area contributed by atoms with Gasteiger partial charge in [0.15, 0.2) is 0 Å². The number of thioether (sulfide) groups is 1. The summed E-state index contributed by atoms with van der Waals surface area (Å²) >= 11 is 7.54. The number of ketones is 1. The van der Waals surface area contributed by atoms with Crippen molar-refractivity contribution in [2.24, 2.45) is 0 Å². The fraction of sp³-hybridized carbons (Fsp3) is 0.364.